The summed E-state index contributed by atoms with van der Waals surface area (Å²) < 4.78 is 8.89. The first-order chi connectivity index (χ1) is 22.8. The van der Waals surface area contributed by atoms with Crippen molar-refractivity contribution in [1.82, 2.24) is 24.5 Å². The Hall–Kier alpha value is -6.40. The van der Waals surface area contributed by atoms with E-state index in [1.54, 1.807) is 24.8 Å². The second-order valence-electron chi connectivity index (χ2n) is 11.2. The Morgan fingerprint density at radius 2 is 1.17 bits per heavy atom. The predicted molar refractivity (Wildman–Crippen MR) is 183 cm³/mol. The van der Waals surface area contributed by atoms with E-state index in [4.69, 9.17) is 14.4 Å². The van der Waals surface area contributed by atoms with Crippen molar-refractivity contribution in [3.8, 4) is 50.9 Å². The first-order valence-electron chi connectivity index (χ1n) is 15.1. The van der Waals surface area contributed by atoms with E-state index in [1.807, 2.05) is 48.5 Å². The smallest absolute Gasteiger partial charge is 0.160 e. The van der Waals surface area contributed by atoms with Crippen molar-refractivity contribution in [2.24, 2.45) is 0 Å². The van der Waals surface area contributed by atoms with Crippen LogP contribution in [0.15, 0.2) is 157 Å². The van der Waals surface area contributed by atoms with Crippen LogP contribution in [0.2, 0.25) is 0 Å². The molecule has 0 aliphatic carbocycles. The minimum atomic E-state index is 0.643. The largest absolute Gasteiger partial charge is 0.455 e. The second-order valence-corrected chi connectivity index (χ2v) is 11.2. The summed E-state index contributed by atoms with van der Waals surface area (Å²) in [5, 5.41) is 3.31. The molecule has 0 radical (unpaired) electrons. The quantitative estimate of drug-likeness (QED) is 0.199. The Kier molecular flexibility index (Phi) is 6.03. The van der Waals surface area contributed by atoms with Crippen molar-refractivity contribution in [2.45, 2.75) is 0 Å². The number of pyridine rings is 2. The Balaban J connectivity index is 1.24. The fourth-order valence-electron chi connectivity index (χ4n) is 6.27. The van der Waals surface area contributed by atoms with E-state index >= 15 is 0 Å². The molecule has 0 saturated carbocycles. The molecule has 0 aliphatic rings. The van der Waals surface area contributed by atoms with Crippen LogP contribution in [0.1, 0.15) is 0 Å². The molecule has 9 aromatic rings. The highest BCUT2D eigenvalue weighted by atomic mass is 16.3. The van der Waals surface area contributed by atoms with Gasteiger partial charge in [-0.05, 0) is 66.7 Å². The molecular formula is C40H25N5O. The highest BCUT2D eigenvalue weighted by molar-refractivity contribution is 6.20. The van der Waals surface area contributed by atoms with Crippen LogP contribution >= 0.6 is 0 Å². The summed E-state index contributed by atoms with van der Waals surface area (Å²) in [6, 6.07) is 43.5. The highest BCUT2D eigenvalue weighted by Gasteiger charge is 2.19. The lowest BCUT2D eigenvalue weighted by Gasteiger charge is -2.12. The van der Waals surface area contributed by atoms with Gasteiger partial charge in [0, 0.05) is 63.5 Å². The molecule has 0 fully saturated rings. The van der Waals surface area contributed by atoms with Gasteiger partial charge in [-0.1, -0.05) is 60.7 Å². The lowest BCUT2D eigenvalue weighted by molar-refractivity contribution is 0.635. The van der Waals surface area contributed by atoms with Gasteiger partial charge in [0.25, 0.3) is 0 Å². The Morgan fingerprint density at radius 1 is 0.500 bits per heavy atom. The van der Waals surface area contributed by atoms with Crippen LogP contribution in [-0.2, 0) is 0 Å². The molecule has 0 amide bonds. The van der Waals surface area contributed by atoms with Crippen molar-refractivity contribution in [2.75, 3.05) is 0 Å². The fourth-order valence-corrected chi connectivity index (χ4v) is 6.27. The zero-order valence-corrected chi connectivity index (χ0v) is 24.6. The SMILES string of the molecule is c1ccc(-c2cc3ccc4c(c5ccccc5n4-c4cccc(-c5nc(-c6ccncc6)cc(-c6ccncc6)n5)c4)c3o2)cc1. The van der Waals surface area contributed by atoms with Crippen LogP contribution in [0.25, 0.3) is 83.7 Å². The average molecular weight is 592 g/mol. The van der Waals surface area contributed by atoms with E-state index in [9.17, 15) is 0 Å². The summed E-state index contributed by atoms with van der Waals surface area (Å²) in [7, 11) is 0. The summed E-state index contributed by atoms with van der Waals surface area (Å²) in [5.41, 5.74) is 9.66. The molecule has 0 saturated heterocycles. The molecule has 0 bridgehead atoms. The van der Waals surface area contributed by atoms with Crippen LogP contribution in [0.5, 0.6) is 0 Å². The first kappa shape index (κ1) is 26.0. The molecule has 5 aromatic heterocycles. The van der Waals surface area contributed by atoms with Crippen molar-refractivity contribution >= 4 is 32.8 Å². The average Bonchev–Trinajstić information content (AvgIpc) is 3.72. The predicted octanol–water partition coefficient (Wildman–Crippen LogP) is 9.78. The van der Waals surface area contributed by atoms with Gasteiger partial charge in [-0.25, -0.2) is 9.97 Å². The molecule has 4 aromatic carbocycles. The molecule has 216 valence electrons. The lowest BCUT2D eigenvalue weighted by atomic mass is 10.1. The molecule has 0 N–H and O–H groups in total. The molecule has 0 aliphatic heterocycles. The van der Waals surface area contributed by atoms with E-state index in [2.05, 4.69) is 93.4 Å². The maximum atomic E-state index is 6.59. The minimum absolute atomic E-state index is 0.643. The Morgan fingerprint density at radius 3 is 1.91 bits per heavy atom. The zero-order chi connectivity index (χ0) is 30.5. The summed E-state index contributed by atoms with van der Waals surface area (Å²) in [6.45, 7) is 0. The topological polar surface area (TPSA) is 69.6 Å². The van der Waals surface area contributed by atoms with Crippen LogP contribution < -0.4 is 0 Å². The number of fused-ring (bicyclic) bond motifs is 5. The lowest BCUT2D eigenvalue weighted by Crippen LogP contribution is -1.98. The number of furan rings is 1. The monoisotopic (exact) mass is 591 g/mol. The van der Waals surface area contributed by atoms with E-state index in [1.165, 1.54) is 0 Å². The van der Waals surface area contributed by atoms with Crippen molar-refractivity contribution in [3.63, 3.8) is 0 Å². The van der Waals surface area contributed by atoms with Crippen molar-refractivity contribution in [3.05, 3.63) is 152 Å². The van der Waals surface area contributed by atoms with E-state index in [0.717, 1.165) is 77.9 Å². The van der Waals surface area contributed by atoms with E-state index in [0.29, 0.717) is 5.82 Å². The van der Waals surface area contributed by atoms with E-state index < -0.39 is 0 Å². The van der Waals surface area contributed by atoms with Gasteiger partial charge < -0.3 is 8.98 Å². The van der Waals surface area contributed by atoms with Gasteiger partial charge in [-0.15, -0.1) is 0 Å². The molecule has 9 rings (SSSR count). The first-order valence-corrected chi connectivity index (χ1v) is 15.1. The highest BCUT2D eigenvalue weighted by Crippen LogP contribution is 2.40. The third-order valence-corrected chi connectivity index (χ3v) is 8.42. The summed E-state index contributed by atoms with van der Waals surface area (Å²) in [5.74, 6) is 1.50. The van der Waals surface area contributed by atoms with Crippen LogP contribution in [0, 0.1) is 0 Å². The number of nitrogens with zero attached hydrogens (tertiary/aromatic N) is 5. The van der Waals surface area contributed by atoms with Crippen LogP contribution in [-0.4, -0.2) is 24.5 Å². The Bertz CT molecular complexity index is 2460. The number of aromatic nitrogens is 5. The molecule has 6 heteroatoms. The maximum absolute atomic E-state index is 6.59. The molecular weight excluding hydrogens is 566 g/mol. The van der Waals surface area contributed by atoms with Gasteiger partial charge in [0.1, 0.15) is 11.3 Å². The van der Waals surface area contributed by atoms with Crippen LogP contribution in [0.3, 0.4) is 0 Å². The number of hydrogen-bond acceptors (Lipinski definition) is 5. The number of benzene rings is 4. The summed E-state index contributed by atoms with van der Waals surface area (Å²) in [6.07, 6.45) is 7.13. The van der Waals surface area contributed by atoms with Gasteiger partial charge in [0.2, 0.25) is 0 Å². The maximum Gasteiger partial charge on any atom is 0.160 e. The van der Waals surface area contributed by atoms with Gasteiger partial charge >= 0.3 is 0 Å². The van der Waals surface area contributed by atoms with Gasteiger partial charge in [-0.3, -0.25) is 9.97 Å². The normalized spacial score (nSPS) is 11.5. The van der Waals surface area contributed by atoms with E-state index in [-0.39, 0.29) is 0 Å². The molecule has 0 atom stereocenters. The van der Waals surface area contributed by atoms with Gasteiger partial charge in [0.05, 0.1) is 27.8 Å². The zero-order valence-electron chi connectivity index (χ0n) is 24.6. The van der Waals surface area contributed by atoms with Crippen molar-refractivity contribution < 1.29 is 4.42 Å². The summed E-state index contributed by atoms with van der Waals surface area (Å²) in [4.78, 5) is 18.5. The standard InChI is InChI=1S/C40H25N5O/c1-2-7-28(8-3-1)37-24-29-13-14-36-38(39(29)46-37)32-11-4-5-12-35(32)45(36)31-10-6-9-30(23-31)40-43-33(26-15-19-41-20-16-26)25-34(44-40)27-17-21-42-22-18-27/h1-25H. The molecule has 0 spiro atoms. The number of rotatable bonds is 5. The Labute approximate surface area is 264 Å². The third-order valence-electron chi connectivity index (χ3n) is 8.42. The summed E-state index contributed by atoms with van der Waals surface area (Å²) >= 11 is 0. The minimum Gasteiger partial charge on any atom is -0.455 e. The van der Waals surface area contributed by atoms with Gasteiger partial charge in [-0.2, -0.15) is 0 Å². The third kappa shape index (κ3) is 4.35. The van der Waals surface area contributed by atoms with Crippen molar-refractivity contribution in [1.29, 1.82) is 0 Å². The second kappa shape index (κ2) is 10.6. The molecule has 5 heterocycles. The molecule has 46 heavy (non-hydrogen) atoms. The molecule has 0 unspecified atom stereocenters. The van der Waals surface area contributed by atoms with Crippen LogP contribution in [0.4, 0.5) is 0 Å². The number of hydrogen-bond donors (Lipinski definition) is 0. The van der Waals surface area contributed by atoms with Gasteiger partial charge in [0.15, 0.2) is 5.82 Å². The number of para-hydroxylation sites is 1. The molecule has 6 nitrogen and oxygen atoms in total. The fraction of sp³-hybridized carbons (Fsp3) is 0.